The monoisotopic (exact) mass is 653 g/mol. The molecule has 0 radical (unpaired) electrons. The number of aliphatic hydroxyl groups is 2. The predicted octanol–water partition coefficient (Wildman–Crippen LogP) is 6.19. The third-order valence-corrected chi connectivity index (χ3v) is 10.0. The Balaban J connectivity index is 1.24. The predicted molar refractivity (Wildman–Crippen MR) is 181 cm³/mol. The van der Waals surface area contributed by atoms with Crippen LogP contribution in [0, 0.1) is 11.8 Å². The number of hydrogen-bond acceptors (Lipinski definition) is 9. The molecular weight excluding hydrogens is 610 g/mol. The van der Waals surface area contributed by atoms with Crippen molar-refractivity contribution in [3.8, 4) is 45.6 Å². The summed E-state index contributed by atoms with van der Waals surface area (Å²) in [6.45, 7) is 0.997. The zero-order valence-electron chi connectivity index (χ0n) is 27.3. The van der Waals surface area contributed by atoms with Crippen LogP contribution >= 0.6 is 0 Å². The molecule has 7 rings (SSSR count). The van der Waals surface area contributed by atoms with Crippen LogP contribution in [0.4, 0.5) is 0 Å². The number of hydrogen-bond donors (Lipinski definition) is 5. The average molecular weight is 654 g/mol. The lowest BCUT2D eigenvalue weighted by Gasteiger charge is -2.41. The van der Waals surface area contributed by atoms with E-state index in [1.54, 1.807) is 37.4 Å². The van der Waals surface area contributed by atoms with E-state index in [2.05, 4.69) is 5.32 Å². The molecule has 4 aromatic carbocycles. The van der Waals surface area contributed by atoms with Gasteiger partial charge in [-0.3, -0.25) is 0 Å². The minimum Gasteiger partial charge on any atom is -0.508 e. The molecule has 0 saturated heterocycles. The van der Waals surface area contributed by atoms with Gasteiger partial charge in [0.25, 0.3) is 0 Å². The van der Waals surface area contributed by atoms with Crippen molar-refractivity contribution in [2.75, 3.05) is 27.4 Å². The number of methoxy groups -OCH3 is 1. The quantitative estimate of drug-likeness (QED) is 0.144. The average Bonchev–Trinajstić information content (AvgIpc) is 3.59. The van der Waals surface area contributed by atoms with Gasteiger partial charge in [0.15, 0.2) is 0 Å². The summed E-state index contributed by atoms with van der Waals surface area (Å²) < 4.78 is 24.8. The second kappa shape index (κ2) is 13.6. The zero-order valence-corrected chi connectivity index (χ0v) is 27.3. The number of nitrogens with one attached hydrogen (secondary N) is 1. The number of aliphatic hydroxyl groups excluding tert-OH is 2. The Hall–Kier alpha value is -4.44. The summed E-state index contributed by atoms with van der Waals surface area (Å²) in [5.41, 5.74) is 5.50. The fraction of sp³-hybridized carbons (Fsp3) is 0.385. The van der Waals surface area contributed by atoms with Gasteiger partial charge < -0.3 is 44.7 Å². The summed E-state index contributed by atoms with van der Waals surface area (Å²) in [6, 6.07) is 19.8. The lowest BCUT2D eigenvalue weighted by Crippen LogP contribution is -2.40. The molecule has 4 atom stereocenters. The molecule has 0 amide bonds. The molecule has 1 aliphatic carbocycles. The van der Waals surface area contributed by atoms with Crippen LogP contribution in [-0.2, 0) is 13.0 Å². The van der Waals surface area contributed by atoms with E-state index in [4.69, 9.17) is 18.9 Å². The van der Waals surface area contributed by atoms with Crippen LogP contribution in [0.15, 0.2) is 66.7 Å². The molecule has 2 heterocycles. The maximum absolute atomic E-state index is 12.0. The number of fused-ring (bicyclic) bond motifs is 2. The third-order valence-electron chi connectivity index (χ3n) is 10.0. The Morgan fingerprint density at radius 2 is 1.54 bits per heavy atom. The van der Waals surface area contributed by atoms with Gasteiger partial charge in [0.05, 0.1) is 38.6 Å². The second-order valence-electron chi connectivity index (χ2n) is 13.2. The molecular formula is C39H43NO8. The van der Waals surface area contributed by atoms with Gasteiger partial charge in [-0.2, -0.15) is 0 Å². The molecule has 1 saturated carbocycles. The van der Waals surface area contributed by atoms with Gasteiger partial charge in [-0.05, 0) is 98.0 Å². The molecule has 3 aliphatic rings. The minimum atomic E-state index is -0.954. The molecule has 0 spiro atoms. The molecule has 48 heavy (non-hydrogen) atoms. The van der Waals surface area contributed by atoms with Crippen LogP contribution < -0.4 is 24.3 Å². The highest BCUT2D eigenvalue weighted by Crippen LogP contribution is 2.49. The largest absolute Gasteiger partial charge is 0.508 e. The number of phenols is 2. The molecule has 0 unspecified atom stereocenters. The van der Waals surface area contributed by atoms with E-state index >= 15 is 0 Å². The van der Waals surface area contributed by atoms with Gasteiger partial charge in [-0.15, -0.1) is 0 Å². The van der Waals surface area contributed by atoms with Crippen LogP contribution in [0.3, 0.4) is 0 Å². The molecule has 2 aliphatic heterocycles. The minimum absolute atomic E-state index is 0.102. The van der Waals surface area contributed by atoms with E-state index < -0.39 is 24.0 Å². The Kier molecular flexibility index (Phi) is 9.09. The molecule has 252 valence electrons. The third kappa shape index (κ3) is 6.25. The summed E-state index contributed by atoms with van der Waals surface area (Å²) in [6.07, 6.45) is 2.84. The maximum Gasteiger partial charge on any atom is 0.128 e. The summed E-state index contributed by atoms with van der Waals surface area (Å²) in [5, 5.41) is 47.5. The number of aromatic hydroxyl groups is 2. The van der Waals surface area contributed by atoms with Crippen LogP contribution in [0.1, 0.15) is 65.7 Å². The van der Waals surface area contributed by atoms with Crippen molar-refractivity contribution in [1.82, 2.24) is 5.32 Å². The van der Waals surface area contributed by atoms with Crippen molar-refractivity contribution in [2.45, 2.75) is 57.0 Å². The van der Waals surface area contributed by atoms with Crippen molar-refractivity contribution in [1.29, 1.82) is 0 Å². The van der Waals surface area contributed by atoms with Gasteiger partial charge >= 0.3 is 0 Å². The molecule has 0 aromatic heterocycles. The van der Waals surface area contributed by atoms with Gasteiger partial charge in [0, 0.05) is 47.1 Å². The first-order chi connectivity index (χ1) is 23.3. The fourth-order valence-corrected chi connectivity index (χ4v) is 7.58. The summed E-state index contributed by atoms with van der Waals surface area (Å²) in [4.78, 5) is 0. The van der Waals surface area contributed by atoms with Gasteiger partial charge in [0.1, 0.15) is 34.5 Å². The van der Waals surface area contributed by atoms with Crippen LogP contribution in [0.2, 0.25) is 0 Å². The van der Waals surface area contributed by atoms with E-state index in [0.717, 1.165) is 53.5 Å². The van der Waals surface area contributed by atoms with Crippen molar-refractivity contribution in [3.63, 3.8) is 0 Å². The van der Waals surface area contributed by atoms with Crippen molar-refractivity contribution < 1.29 is 39.4 Å². The first-order valence-electron chi connectivity index (χ1n) is 16.7. The lowest BCUT2D eigenvalue weighted by atomic mass is 9.77. The van der Waals surface area contributed by atoms with Gasteiger partial charge in [-0.1, -0.05) is 18.2 Å². The Bertz CT molecular complexity index is 1780. The summed E-state index contributed by atoms with van der Waals surface area (Å²) >= 11 is 0. The Morgan fingerprint density at radius 1 is 0.792 bits per heavy atom. The number of rotatable bonds is 9. The van der Waals surface area contributed by atoms with Gasteiger partial charge in [-0.25, -0.2) is 0 Å². The second-order valence-corrected chi connectivity index (χ2v) is 13.2. The molecule has 1 fully saturated rings. The first-order valence-corrected chi connectivity index (χ1v) is 16.7. The Morgan fingerprint density at radius 3 is 2.29 bits per heavy atom. The van der Waals surface area contributed by atoms with Crippen molar-refractivity contribution >= 4 is 0 Å². The molecule has 9 heteroatoms. The first kappa shape index (κ1) is 32.1. The van der Waals surface area contributed by atoms with Crippen molar-refractivity contribution in [2.24, 2.45) is 11.8 Å². The fourth-order valence-electron chi connectivity index (χ4n) is 7.58. The molecule has 9 nitrogen and oxygen atoms in total. The highest BCUT2D eigenvalue weighted by molar-refractivity contribution is 5.70. The zero-order chi connectivity index (χ0) is 33.4. The lowest BCUT2D eigenvalue weighted by molar-refractivity contribution is -0.0555. The smallest absolute Gasteiger partial charge is 0.128 e. The normalized spacial score (nSPS) is 21.9. The highest BCUT2D eigenvalue weighted by atomic mass is 16.5. The SMILES string of the molecule is CNCc1cc2c(cc1OC)[C@H](O)[C@H]([C@@H]1COc3c(Cc4cc(O)ccc4-c4cccc(O)c4)cc(OC4CCCC4)cc3[C@H]1O)CO2. The standard InChI is InChI=1S/C39H43NO8/c1-40-19-25-16-36-31(18-35(25)45-2)37(43)33(20-46-36)34-21-47-39-24(15-29(17-32(39)38(34)44)48-28-8-3-4-9-28)12-23-14-27(42)10-11-30(23)22-6-5-7-26(41)13-22/h5-7,10-11,13-18,28,33-34,37-38,40-44H,3-4,8-9,12,19-21H2,1-2H3/t33-,34-,37-,38+/m0/s1. The van der Waals surface area contributed by atoms with Crippen LogP contribution in [-0.4, -0.2) is 53.9 Å². The van der Waals surface area contributed by atoms with E-state index in [1.807, 2.05) is 43.4 Å². The van der Waals surface area contributed by atoms with E-state index in [0.29, 0.717) is 47.1 Å². The molecule has 4 aromatic rings. The molecule has 5 N–H and O–H groups in total. The number of phenolic OH excluding ortho intramolecular Hbond substituents is 2. The summed E-state index contributed by atoms with van der Waals surface area (Å²) in [7, 11) is 3.47. The molecule has 0 bridgehead atoms. The van der Waals surface area contributed by atoms with Crippen LogP contribution in [0.25, 0.3) is 11.1 Å². The topological polar surface area (TPSA) is 130 Å². The van der Waals surface area contributed by atoms with Gasteiger partial charge in [0.2, 0.25) is 0 Å². The highest BCUT2D eigenvalue weighted by Gasteiger charge is 2.43. The number of benzene rings is 4. The van der Waals surface area contributed by atoms with Crippen LogP contribution in [0.5, 0.6) is 34.5 Å². The van der Waals surface area contributed by atoms with E-state index in [-0.39, 0.29) is 30.8 Å². The Labute approximate surface area is 280 Å². The van der Waals surface area contributed by atoms with E-state index in [9.17, 15) is 20.4 Å². The maximum atomic E-state index is 12.0. The summed E-state index contributed by atoms with van der Waals surface area (Å²) in [5.74, 6) is 1.89. The van der Waals surface area contributed by atoms with E-state index in [1.165, 1.54) is 0 Å². The van der Waals surface area contributed by atoms with Crippen molar-refractivity contribution in [3.05, 3.63) is 94.5 Å². The number of ether oxygens (including phenoxy) is 4.